The van der Waals surface area contributed by atoms with Crippen LogP contribution in [0.2, 0.25) is 5.28 Å². The van der Waals surface area contributed by atoms with Crippen LogP contribution in [0.1, 0.15) is 20.8 Å². The van der Waals surface area contributed by atoms with Gasteiger partial charge in [0.15, 0.2) is 0 Å². The molecule has 0 saturated heterocycles. The molecule has 0 aromatic carbocycles. The number of rotatable bonds is 8. The van der Waals surface area contributed by atoms with E-state index in [1.807, 2.05) is 20.8 Å². The van der Waals surface area contributed by atoms with Gasteiger partial charge in [-0.05, 0) is 32.4 Å². The summed E-state index contributed by atoms with van der Waals surface area (Å²) in [6.07, 6.45) is -0.598. The Morgan fingerprint density at radius 3 is 2.24 bits per heavy atom. The molecule has 0 amide bonds. The first-order valence-electron chi connectivity index (χ1n) is 6.92. The second kappa shape index (κ2) is 14.2. The predicted octanol–water partition coefficient (Wildman–Crippen LogP) is -0.0756. The first-order chi connectivity index (χ1) is 11.0. The number of hydrogen-bond donors (Lipinski definition) is 6. The summed E-state index contributed by atoms with van der Waals surface area (Å²) in [4.78, 5) is 38.1. The van der Waals surface area contributed by atoms with E-state index in [-0.39, 0.29) is 62.7 Å². The molecule has 0 radical (unpaired) electrons. The number of carboxylic acid groups (broad SMARTS) is 1. The molecule has 0 fully saturated rings. The summed E-state index contributed by atoms with van der Waals surface area (Å²) in [6.45, 7) is 6.29. The molecule has 0 atom stereocenters. The van der Waals surface area contributed by atoms with Gasteiger partial charge in [-0.25, -0.2) is 0 Å². The van der Waals surface area contributed by atoms with Crippen molar-refractivity contribution in [2.75, 3.05) is 30.0 Å². The van der Waals surface area contributed by atoms with Gasteiger partial charge < -0.3 is 25.5 Å². The van der Waals surface area contributed by atoms with E-state index in [9.17, 15) is 9.36 Å². The summed E-state index contributed by atoms with van der Waals surface area (Å²) < 4.78 is 10.1. The Bertz CT molecular complexity index is 576. The summed E-state index contributed by atoms with van der Waals surface area (Å²) in [5, 5.41) is 16.3. The molecular formula is C11H23ClKN6O5P. The van der Waals surface area contributed by atoms with Gasteiger partial charge in [0.2, 0.25) is 17.2 Å². The SMILES string of the molecule is CCNc1nc(Cl)nc(NC(C)C)n1.O=C(O)CNCP(=O)(O)O.[KH]. The number of aromatic nitrogens is 3. The molecule has 14 heteroatoms. The third-order valence-electron chi connectivity index (χ3n) is 1.95. The van der Waals surface area contributed by atoms with Gasteiger partial charge in [0.25, 0.3) is 0 Å². The molecular weight excluding hydrogens is 402 g/mol. The molecule has 0 aliphatic rings. The number of nitrogens with zero attached hydrogens (tertiary/aromatic N) is 3. The van der Waals surface area contributed by atoms with Crippen LogP contribution in [0.15, 0.2) is 0 Å². The summed E-state index contributed by atoms with van der Waals surface area (Å²) in [5.74, 6) is -0.153. The van der Waals surface area contributed by atoms with Crippen molar-refractivity contribution < 1.29 is 24.3 Å². The number of hydrogen-bond acceptors (Lipinski definition) is 8. The molecule has 11 nitrogen and oxygen atoms in total. The van der Waals surface area contributed by atoms with Gasteiger partial charge in [0, 0.05) is 12.6 Å². The van der Waals surface area contributed by atoms with Crippen molar-refractivity contribution in [1.82, 2.24) is 20.3 Å². The quantitative estimate of drug-likeness (QED) is 0.244. The van der Waals surface area contributed by atoms with Gasteiger partial charge in [0.1, 0.15) is 0 Å². The van der Waals surface area contributed by atoms with Gasteiger partial charge in [-0.1, -0.05) is 0 Å². The van der Waals surface area contributed by atoms with E-state index < -0.39 is 26.4 Å². The van der Waals surface area contributed by atoms with E-state index in [1.54, 1.807) is 0 Å². The molecule has 6 N–H and O–H groups in total. The minimum atomic E-state index is -4.10. The Balaban J connectivity index is 0. The maximum absolute atomic E-state index is 10.1. The van der Waals surface area contributed by atoms with Crippen LogP contribution in [0.25, 0.3) is 0 Å². The normalized spacial score (nSPS) is 10.4. The Morgan fingerprint density at radius 1 is 1.24 bits per heavy atom. The first kappa shape index (κ1) is 27.3. The molecule has 1 aromatic rings. The van der Waals surface area contributed by atoms with Crippen molar-refractivity contribution >= 4 is 88.4 Å². The van der Waals surface area contributed by atoms with Crippen molar-refractivity contribution in [1.29, 1.82) is 0 Å². The standard InChI is InChI=1S/C8H14ClN5.C3H8NO5P.K.H/c1-4-10-7-12-6(9)13-8(14-7)11-5(2)3;5-3(6)1-4-2-10(7,8)9;;/h5H,4H2,1-3H3,(H2,10,11,12,13,14);4H,1-2H2,(H,5,6)(H2,7,8,9);;. The van der Waals surface area contributed by atoms with Crippen LogP contribution in [-0.2, 0) is 9.36 Å². The molecule has 1 aromatic heterocycles. The van der Waals surface area contributed by atoms with Crippen molar-refractivity contribution in [2.24, 2.45) is 0 Å². The third-order valence-corrected chi connectivity index (χ3v) is 2.76. The Labute approximate surface area is 193 Å². The molecule has 0 aliphatic heterocycles. The van der Waals surface area contributed by atoms with Crippen molar-refractivity contribution in [3.05, 3.63) is 5.28 Å². The first-order valence-corrected chi connectivity index (χ1v) is 9.10. The van der Waals surface area contributed by atoms with Gasteiger partial charge in [0.05, 0.1) is 12.8 Å². The predicted molar refractivity (Wildman–Crippen MR) is 97.5 cm³/mol. The van der Waals surface area contributed by atoms with Gasteiger partial charge in [-0.3, -0.25) is 14.7 Å². The second-order valence-corrected chi connectivity index (χ2v) is 6.71. The van der Waals surface area contributed by atoms with Crippen LogP contribution in [0.3, 0.4) is 0 Å². The zero-order chi connectivity index (χ0) is 18.8. The van der Waals surface area contributed by atoms with Crippen LogP contribution < -0.4 is 16.0 Å². The molecule has 0 aliphatic carbocycles. The zero-order valence-electron chi connectivity index (χ0n) is 13.5. The fraction of sp³-hybridized carbons (Fsp3) is 0.636. The molecule has 1 rings (SSSR count). The summed E-state index contributed by atoms with van der Waals surface area (Å²) in [5.41, 5.74) is 0. The van der Waals surface area contributed by atoms with Crippen molar-refractivity contribution in [2.45, 2.75) is 26.8 Å². The van der Waals surface area contributed by atoms with E-state index >= 15 is 0 Å². The number of carboxylic acids is 1. The van der Waals surface area contributed by atoms with Crippen molar-refractivity contribution in [3.63, 3.8) is 0 Å². The number of nitrogens with one attached hydrogen (secondary N) is 3. The summed E-state index contributed by atoms with van der Waals surface area (Å²) in [7, 11) is -4.10. The topological polar surface area (TPSA) is 170 Å². The van der Waals surface area contributed by atoms with Gasteiger partial charge >= 0.3 is 64.9 Å². The molecule has 0 saturated carbocycles. The van der Waals surface area contributed by atoms with Gasteiger partial charge in [-0.15, -0.1) is 0 Å². The van der Waals surface area contributed by atoms with E-state index in [1.165, 1.54) is 0 Å². The molecule has 140 valence electrons. The fourth-order valence-electron chi connectivity index (χ4n) is 1.22. The van der Waals surface area contributed by atoms with E-state index in [0.29, 0.717) is 11.9 Å². The fourth-order valence-corrected chi connectivity index (χ4v) is 1.78. The van der Waals surface area contributed by atoms with E-state index in [2.05, 4.69) is 30.9 Å². The van der Waals surface area contributed by atoms with Crippen LogP contribution in [-0.4, -0.2) is 113 Å². The minimum absolute atomic E-state index is 0. The number of anilines is 2. The molecule has 25 heavy (non-hydrogen) atoms. The number of aliphatic carboxylic acids is 1. The monoisotopic (exact) mass is 424 g/mol. The van der Waals surface area contributed by atoms with Crippen LogP contribution in [0.4, 0.5) is 11.9 Å². The molecule has 0 bridgehead atoms. The van der Waals surface area contributed by atoms with Crippen LogP contribution >= 0.6 is 19.2 Å². The average Bonchev–Trinajstić information content (AvgIpc) is 2.35. The van der Waals surface area contributed by atoms with E-state index in [0.717, 1.165) is 6.54 Å². The molecule has 1 heterocycles. The summed E-state index contributed by atoms with van der Waals surface area (Å²) in [6, 6.07) is 0.267. The molecule has 0 unspecified atom stereocenters. The average molecular weight is 425 g/mol. The molecule has 0 spiro atoms. The second-order valence-electron chi connectivity index (χ2n) is 4.72. The van der Waals surface area contributed by atoms with Crippen molar-refractivity contribution in [3.8, 4) is 0 Å². The Hall–Kier alpha value is 0.116. The Morgan fingerprint density at radius 2 is 1.80 bits per heavy atom. The van der Waals surface area contributed by atoms with Gasteiger partial charge in [-0.2, -0.15) is 15.0 Å². The maximum atomic E-state index is 10.1. The van der Waals surface area contributed by atoms with Crippen LogP contribution in [0.5, 0.6) is 0 Å². The van der Waals surface area contributed by atoms with Crippen LogP contribution in [0, 0.1) is 0 Å². The zero-order valence-corrected chi connectivity index (χ0v) is 15.2. The Kier molecular flexibility index (Phi) is 15.5. The number of carbonyl (C=O) groups is 1. The number of halogens is 1. The summed E-state index contributed by atoms with van der Waals surface area (Å²) >= 11 is 5.73. The van der Waals surface area contributed by atoms with E-state index in [4.69, 9.17) is 26.5 Å². The third kappa shape index (κ3) is 17.3.